The summed E-state index contributed by atoms with van der Waals surface area (Å²) in [5, 5.41) is 0.713. The molecule has 27 heavy (non-hydrogen) atoms. The van der Waals surface area contributed by atoms with Crippen molar-refractivity contribution in [2.24, 2.45) is 0 Å². The average Bonchev–Trinajstić information content (AvgIpc) is 2.81. The zero-order valence-electron chi connectivity index (χ0n) is 16.1. The summed E-state index contributed by atoms with van der Waals surface area (Å²) in [6.45, 7) is 9.90. The van der Waals surface area contributed by atoms with Crippen LogP contribution in [0.25, 0.3) is 5.57 Å². The lowest BCUT2D eigenvalue weighted by Crippen LogP contribution is -2.31. The van der Waals surface area contributed by atoms with Crippen LogP contribution in [-0.2, 0) is 9.59 Å². The maximum atomic E-state index is 13.3. The Balaban J connectivity index is 2.15. The number of halogens is 1. The van der Waals surface area contributed by atoms with Crippen molar-refractivity contribution in [3.63, 3.8) is 0 Å². The largest absolute Gasteiger partial charge is 0.272 e. The number of hydrogen-bond acceptors (Lipinski definition) is 3. The third-order valence-electron chi connectivity index (χ3n) is 4.46. The summed E-state index contributed by atoms with van der Waals surface area (Å²) in [7, 11) is 0. The van der Waals surface area contributed by atoms with E-state index in [2.05, 4.69) is 0 Å². The van der Waals surface area contributed by atoms with Crippen LogP contribution < -0.4 is 4.90 Å². The van der Waals surface area contributed by atoms with Crippen molar-refractivity contribution < 1.29 is 9.59 Å². The number of aryl methyl sites for hydroxylation is 3. The fourth-order valence-corrected chi connectivity index (χ4v) is 4.30. The lowest BCUT2D eigenvalue weighted by molar-refractivity contribution is -0.119. The van der Waals surface area contributed by atoms with Crippen molar-refractivity contribution in [2.45, 2.75) is 39.9 Å². The van der Waals surface area contributed by atoms with Crippen LogP contribution in [0.3, 0.4) is 0 Å². The first kappa shape index (κ1) is 19.7. The topological polar surface area (TPSA) is 37.4 Å². The van der Waals surface area contributed by atoms with E-state index < -0.39 is 0 Å². The normalized spacial score (nSPS) is 14.7. The van der Waals surface area contributed by atoms with E-state index in [1.54, 1.807) is 12.1 Å². The van der Waals surface area contributed by atoms with Gasteiger partial charge in [0.1, 0.15) is 0 Å². The second kappa shape index (κ2) is 7.53. The number of amides is 2. The lowest BCUT2D eigenvalue weighted by Gasteiger charge is -2.16. The van der Waals surface area contributed by atoms with Gasteiger partial charge in [0.2, 0.25) is 0 Å². The molecule has 2 aromatic rings. The van der Waals surface area contributed by atoms with Crippen molar-refractivity contribution in [3.8, 4) is 0 Å². The molecule has 0 bridgehead atoms. The van der Waals surface area contributed by atoms with Crippen molar-refractivity contribution in [1.29, 1.82) is 0 Å². The third-order valence-corrected chi connectivity index (χ3v) is 5.95. The first-order chi connectivity index (χ1) is 12.7. The fraction of sp³-hybridized carbons (Fsp3) is 0.273. The SMILES string of the molecule is Cc1ccc(C2=C(SC(C)C)C(=O)N(c3ccc(C)c(Cl)c3)C2=O)c(C)c1. The van der Waals surface area contributed by atoms with Crippen LogP contribution in [0.4, 0.5) is 5.69 Å². The third kappa shape index (κ3) is 3.69. The van der Waals surface area contributed by atoms with E-state index in [0.717, 1.165) is 22.3 Å². The van der Waals surface area contributed by atoms with E-state index in [-0.39, 0.29) is 17.1 Å². The molecule has 0 aromatic heterocycles. The summed E-state index contributed by atoms with van der Waals surface area (Å²) < 4.78 is 0. The molecule has 140 valence electrons. The standard InChI is InChI=1S/C22H22ClNO2S/c1-12(2)27-20-19(17-9-6-13(3)10-15(17)5)21(25)24(22(20)26)16-8-7-14(4)18(23)11-16/h6-12H,1-5H3. The first-order valence-electron chi connectivity index (χ1n) is 8.84. The Labute approximate surface area is 169 Å². The van der Waals surface area contributed by atoms with Gasteiger partial charge in [0.15, 0.2) is 0 Å². The van der Waals surface area contributed by atoms with Crippen LogP contribution >= 0.6 is 23.4 Å². The highest BCUT2D eigenvalue weighted by Gasteiger charge is 2.41. The van der Waals surface area contributed by atoms with Gasteiger partial charge < -0.3 is 0 Å². The molecule has 2 amide bonds. The molecule has 2 aromatic carbocycles. The molecule has 5 heteroatoms. The maximum absolute atomic E-state index is 13.3. The van der Waals surface area contributed by atoms with Crippen molar-refractivity contribution in [1.82, 2.24) is 0 Å². The van der Waals surface area contributed by atoms with Crippen LogP contribution in [0, 0.1) is 20.8 Å². The van der Waals surface area contributed by atoms with E-state index in [1.165, 1.54) is 16.7 Å². The molecule has 1 aliphatic rings. The van der Waals surface area contributed by atoms with E-state index in [4.69, 9.17) is 11.6 Å². The maximum Gasteiger partial charge on any atom is 0.272 e. The zero-order chi connectivity index (χ0) is 19.9. The number of hydrogen-bond donors (Lipinski definition) is 0. The predicted molar refractivity (Wildman–Crippen MR) is 114 cm³/mol. The number of carbonyl (C=O) groups is 2. The molecule has 3 nitrogen and oxygen atoms in total. The molecule has 1 aliphatic heterocycles. The number of thioether (sulfide) groups is 1. The molecule has 0 unspecified atom stereocenters. The lowest BCUT2D eigenvalue weighted by atomic mass is 9.98. The Hall–Kier alpha value is -2.04. The van der Waals surface area contributed by atoms with Gasteiger partial charge in [0, 0.05) is 10.3 Å². The Morgan fingerprint density at radius 3 is 2.22 bits per heavy atom. The highest BCUT2D eigenvalue weighted by Crippen LogP contribution is 2.41. The summed E-state index contributed by atoms with van der Waals surface area (Å²) in [6, 6.07) is 11.2. The van der Waals surface area contributed by atoms with Gasteiger partial charge in [0.25, 0.3) is 11.8 Å². The van der Waals surface area contributed by atoms with Gasteiger partial charge in [-0.2, -0.15) is 0 Å². The van der Waals surface area contributed by atoms with Gasteiger partial charge >= 0.3 is 0 Å². The van der Waals surface area contributed by atoms with Crippen LogP contribution in [0.2, 0.25) is 5.02 Å². The minimum Gasteiger partial charge on any atom is -0.268 e. The summed E-state index contributed by atoms with van der Waals surface area (Å²) >= 11 is 7.67. The van der Waals surface area contributed by atoms with E-state index in [9.17, 15) is 9.59 Å². The van der Waals surface area contributed by atoms with Crippen LogP contribution in [0.1, 0.15) is 36.1 Å². The molecule has 0 radical (unpaired) electrons. The van der Waals surface area contributed by atoms with Gasteiger partial charge in [0.05, 0.1) is 16.2 Å². The summed E-state index contributed by atoms with van der Waals surface area (Å²) in [6.07, 6.45) is 0. The van der Waals surface area contributed by atoms with E-state index in [0.29, 0.717) is 21.2 Å². The number of carbonyl (C=O) groups excluding carboxylic acids is 2. The van der Waals surface area contributed by atoms with Crippen LogP contribution in [0.15, 0.2) is 41.3 Å². The highest BCUT2D eigenvalue weighted by molar-refractivity contribution is 8.04. The van der Waals surface area contributed by atoms with Gasteiger partial charge in [-0.1, -0.05) is 55.3 Å². The average molecular weight is 400 g/mol. The Morgan fingerprint density at radius 1 is 0.926 bits per heavy atom. The van der Waals surface area contributed by atoms with Crippen molar-refractivity contribution in [2.75, 3.05) is 4.90 Å². The molecule has 0 fully saturated rings. The number of nitrogens with zero attached hydrogens (tertiary/aromatic N) is 1. The Morgan fingerprint density at radius 2 is 1.63 bits per heavy atom. The minimum absolute atomic E-state index is 0.180. The molecule has 0 atom stereocenters. The first-order valence-corrected chi connectivity index (χ1v) is 10.1. The van der Waals surface area contributed by atoms with Crippen LogP contribution in [0.5, 0.6) is 0 Å². The number of imide groups is 1. The summed E-state index contributed by atoms with van der Waals surface area (Å²) in [5.74, 6) is -0.580. The minimum atomic E-state index is -0.296. The molecular weight excluding hydrogens is 378 g/mol. The van der Waals surface area contributed by atoms with E-state index >= 15 is 0 Å². The molecule has 0 aliphatic carbocycles. The molecule has 1 heterocycles. The second-order valence-corrected chi connectivity index (χ2v) is 9.06. The Kier molecular flexibility index (Phi) is 5.50. The van der Waals surface area contributed by atoms with E-state index in [1.807, 2.05) is 58.9 Å². The molecule has 3 rings (SSSR count). The van der Waals surface area contributed by atoms with Crippen molar-refractivity contribution in [3.05, 3.63) is 68.6 Å². The molecular formula is C22H22ClNO2S. The second-order valence-electron chi connectivity index (χ2n) is 7.07. The zero-order valence-corrected chi connectivity index (χ0v) is 17.7. The quantitative estimate of drug-likeness (QED) is 0.619. The number of rotatable bonds is 4. The summed E-state index contributed by atoms with van der Waals surface area (Å²) in [4.78, 5) is 28.3. The van der Waals surface area contributed by atoms with Crippen LogP contribution in [-0.4, -0.2) is 17.1 Å². The fourth-order valence-electron chi connectivity index (χ4n) is 3.14. The molecule has 0 saturated heterocycles. The van der Waals surface area contributed by atoms with Gasteiger partial charge in [-0.05, 0) is 49.6 Å². The molecule has 0 spiro atoms. The van der Waals surface area contributed by atoms with Gasteiger partial charge in [-0.15, -0.1) is 11.8 Å². The Bertz CT molecular complexity index is 978. The summed E-state index contributed by atoms with van der Waals surface area (Å²) in [5.41, 5.74) is 4.79. The highest BCUT2D eigenvalue weighted by atomic mass is 35.5. The monoisotopic (exact) mass is 399 g/mol. The number of benzene rings is 2. The van der Waals surface area contributed by atoms with Gasteiger partial charge in [-0.25, -0.2) is 4.90 Å². The van der Waals surface area contributed by atoms with Crippen molar-refractivity contribution >= 4 is 46.4 Å². The molecule has 0 saturated carbocycles. The predicted octanol–water partition coefficient (Wildman–Crippen LogP) is 5.69. The van der Waals surface area contributed by atoms with Gasteiger partial charge in [-0.3, -0.25) is 9.59 Å². The molecule has 0 N–H and O–H groups in total. The number of anilines is 1. The smallest absolute Gasteiger partial charge is 0.268 e.